The quantitative estimate of drug-likeness (QED) is 0.866. The molecule has 0 aliphatic rings. The molecular weight excluding hydrogens is 250 g/mol. The molecule has 1 aromatic carbocycles. The molecule has 18 heavy (non-hydrogen) atoms. The number of rotatable bonds is 3. The number of nitrogens with one attached hydrogen (secondary N) is 1. The average molecular weight is 264 g/mol. The summed E-state index contributed by atoms with van der Waals surface area (Å²) in [5, 5.41) is 6.97. The lowest BCUT2D eigenvalue weighted by molar-refractivity contribution is 0.101. The van der Waals surface area contributed by atoms with Gasteiger partial charge in [0.15, 0.2) is 0 Å². The molecule has 1 heterocycles. The minimum Gasteiger partial charge on any atom is -0.321 e. The van der Waals surface area contributed by atoms with E-state index in [4.69, 9.17) is 11.6 Å². The highest BCUT2D eigenvalue weighted by molar-refractivity contribution is 6.17. The summed E-state index contributed by atoms with van der Waals surface area (Å²) in [6.07, 6.45) is 0. The molecule has 94 valence electrons. The maximum absolute atomic E-state index is 12.0. The number of alkyl halides is 1. The van der Waals surface area contributed by atoms with Crippen molar-refractivity contribution in [3.05, 3.63) is 47.3 Å². The van der Waals surface area contributed by atoms with Crippen molar-refractivity contribution in [3.8, 4) is 0 Å². The van der Waals surface area contributed by atoms with E-state index in [1.54, 1.807) is 17.8 Å². The molecule has 1 aromatic heterocycles. The van der Waals surface area contributed by atoms with Crippen molar-refractivity contribution in [1.29, 1.82) is 0 Å². The number of aryl methyl sites for hydroxylation is 2. The van der Waals surface area contributed by atoms with Gasteiger partial charge in [0.2, 0.25) is 0 Å². The van der Waals surface area contributed by atoms with E-state index in [2.05, 4.69) is 10.4 Å². The SMILES string of the molecule is Cc1cc(C(=O)Nc2cccc(CCl)c2)n(C)n1. The minimum atomic E-state index is -0.176. The Labute approximate surface area is 111 Å². The number of benzene rings is 1. The molecule has 2 aromatic rings. The molecular formula is C13H14ClN3O. The van der Waals surface area contributed by atoms with Crippen LogP contribution in [0.5, 0.6) is 0 Å². The zero-order valence-electron chi connectivity index (χ0n) is 10.3. The number of anilines is 1. The molecule has 0 aliphatic heterocycles. The van der Waals surface area contributed by atoms with Crippen LogP contribution in [0.1, 0.15) is 21.7 Å². The van der Waals surface area contributed by atoms with Crippen molar-refractivity contribution < 1.29 is 4.79 Å². The van der Waals surface area contributed by atoms with E-state index < -0.39 is 0 Å². The molecule has 0 saturated carbocycles. The van der Waals surface area contributed by atoms with E-state index in [0.29, 0.717) is 11.6 Å². The third-order valence-corrected chi connectivity index (χ3v) is 2.88. The molecule has 0 spiro atoms. The third-order valence-electron chi connectivity index (χ3n) is 2.57. The smallest absolute Gasteiger partial charge is 0.273 e. The van der Waals surface area contributed by atoms with E-state index in [1.165, 1.54) is 0 Å². The fraction of sp³-hybridized carbons (Fsp3) is 0.231. The van der Waals surface area contributed by atoms with Gasteiger partial charge in [0, 0.05) is 18.6 Å². The molecule has 5 heteroatoms. The average Bonchev–Trinajstić information content (AvgIpc) is 2.69. The van der Waals surface area contributed by atoms with Crippen molar-refractivity contribution in [2.45, 2.75) is 12.8 Å². The second-order valence-electron chi connectivity index (χ2n) is 4.08. The first-order valence-corrected chi connectivity index (χ1v) is 6.10. The fourth-order valence-corrected chi connectivity index (χ4v) is 1.92. The molecule has 0 aliphatic carbocycles. The van der Waals surface area contributed by atoms with Crippen molar-refractivity contribution in [1.82, 2.24) is 9.78 Å². The number of hydrogen-bond donors (Lipinski definition) is 1. The van der Waals surface area contributed by atoms with Crippen LogP contribution in [0.3, 0.4) is 0 Å². The summed E-state index contributed by atoms with van der Waals surface area (Å²) >= 11 is 5.75. The van der Waals surface area contributed by atoms with Crippen molar-refractivity contribution >= 4 is 23.2 Å². The van der Waals surface area contributed by atoms with Crippen LogP contribution >= 0.6 is 11.6 Å². The van der Waals surface area contributed by atoms with Crippen LogP contribution in [0.25, 0.3) is 0 Å². The molecule has 0 saturated heterocycles. The number of carbonyl (C=O) groups is 1. The number of aromatic nitrogens is 2. The molecule has 1 N–H and O–H groups in total. The highest BCUT2D eigenvalue weighted by Crippen LogP contribution is 2.14. The maximum atomic E-state index is 12.0. The summed E-state index contributed by atoms with van der Waals surface area (Å²) in [6.45, 7) is 1.85. The van der Waals surface area contributed by atoms with Gasteiger partial charge in [0.05, 0.1) is 5.69 Å². The summed E-state index contributed by atoms with van der Waals surface area (Å²) in [5.74, 6) is 0.249. The van der Waals surface area contributed by atoms with Gasteiger partial charge in [-0.1, -0.05) is 12.1 Å². The second-order valence-corrected chi connectivity index (χ2v) is 4.35. The fourth-order valence-electron chi connectivity index (χ4n) is 1.75. The van der Waals surface area contributed by atoms with Crippen LogP contribution in [0.4, 0.5) is 5.69 Å². The van der Waals surface area contributed by atoms with E-state index in [0.717, 1.165) is 16.9 Å². The molecule has 0 bridgehead atoms. The first-order valence-electron chi connectivity index (χ1n) is 5.57. The summed E-state index contributed by atoms with van der Waals surface area (Å²) in [5.41, 5.74) is 3.05. The summed E-state index contributed by atoms with van der Waals surface area (Å²) in [6, 6.07) is 9.21. The highest BCUT2D eigenvalue weighted by Gasteiger charge is 2.11. The van der Waals surface area contributed by atoms with Crippen molar-refractivity contribution in [3.63, 3.8) is 0 Å². The highest BCUT2D eigenvalue weighted by atomic mass is 35.5. The lowest BCUT2D eigenvalue weighted by Gasteiger charge is -2.06. The van der Waals surface area contributed by atoms with Gasteiger partial charge in [0.25, 0.3) is 5.91 Å². The topological polar surface area (TPSA) is 46.9 Å². The van der Waals surface area contributed by atoms with Gasteiger partial charge in [-0.05, 0) is 30.7 Å². The maximum Gasteiger partial charge on any atom is 0.273 e. The number of nitrogens with zero attached hydrogens (tertiary/aromatic N) is 2. The van der Waals surface area contributed by atoms with Gasteiger partial charge in [-0.2, -0.15) is 5.10 Å². The van der Waals surface area contributed by atoms with E-state index in [9.17, 15) is 4.79 Å². The Morgan fingerprint density at radius 2 is 2.22 bits per heavy atom. The van der Waals surface area contributed by atoms with Crippen LogP contribution < -0.4 is 5.32 Å². The van der Waals surface area contributed by atoms with E-state index in [-0.39, 0.29) is 5.91 Å². The zero-order chi connectivity index (χ0) is 13.1. The Balaban J connectivity index is 2.18. The molecule has 4 nitrogen and oxygen atoms in total. The van der Waals surface area contributed by atoms with Crippen LogP contribution in [0, 0.1) is 6.92 Å². The van der Waals surface area contributed by atoms with Gasteiger partial charge in [-0.15, -0.1) is 11.6 Å². The first kappa shape index (κ1) is 12.6. The van der Waals surface area contributed by atoms with Gasteiger partial charge in [-0.25, -0.2) is 0 Å². The second kappa shape index (κ2) is 5.23. The summed E-state index contributed by atoms with van der Waals surface area (Å²) < 4.78 is 1.57. The van der Waals surface area contributed by atoms with Gasteiger partial charge in [0.1, 0.15) is 5.69 Å². The molecule has 2 rings (SSSR count). The molecule has 1 amide bonds. The minimum absolute atomic E-state index is 0.176. The summed E-state index contributed by atoms with van der Waals surface area (Å²) in [7, 11) is 1.75. The number of halogens is 1. The molecule has 0 unspecified atom stereocenters. The molecule has 0 radical (unpaired) electrons. The number of hydrogen-bond acceptors (Lipinski definition) is 2. The third kappa shape index (κ3) is 2.71. The van der Waals surface area contributed by atoms with E-state index >= 15 is 0 Å². The first-order chi connectivity index (χ1) is 8.60. The predicted octanol–water partition coefficient (Wildman–Crippen LogP) is 2.72. The Bertz CT molecular complexity index is 577. The predicted molar refractivity (Wildman–Crippen MR) is 71.9 cm³/mol. The van der Waals surface area contributed by atoms with Gasteiger partial charge >= 0.3 is 0 Å². The lowest BCUT2D eigenvalue weighted by atomic mass is 10.2. The van der Waals surface area contributed by atoms with Gasteiger partial charge in [-0.3, -0.25) is 9.48 Å². The van der Waals surface area contributed by atoms with Crippen molar-refractivity contribution in [2.24, 2.45) is 7.05 Å². The number of carbonyl (C=O) groups excluding carboxylic acids is 1. The van der Waals surface area contributed by atoms with Crippen LogP contribution in [0.2, 0.25) is 0 Å². The van der Waals surface area contributed by atoms with Gasteiger partial charge < -0.3 is 5.32 Å². The Kier molecular flexibility index (Phi) is 3.67. The largest absolute Gasteiger partial charge is 0.321 e. The molecule has 0 fully saturated rings. The van der Waals surface area contributed by atoms with Crippen LogP contribution in [0.15, 0.2) is 30.3 Å². The Morgan fingerprint density at radius 3 is 2.83 bits per heavy atom. The zero-order valence-corrected chi connectivity index (χ0v) is 11.0. The monoisotopic (exact) mass is 263 g/mol. The Morgan fingerprint density at radius 1 is 1.44 bits per heavy atom. The Hall–Kier alpha value is -1.81. The van der Waals surface area contributed by atoms with Crippen LogP contribution in [-0.4, -0.2) is 15.7 Å². The number of amides is 1. The summed E-state index contributed by atoms with van der Waals surface area (Å²) in [4.78, 5) is 12.0. The van der Waals surface area contributed by atoms with E-state index in [1.807, 2.05) is 31.2 Å². The van der Waals surface area contributed by atoms with Crippen molar-refractivity contribution in [2.75, 3.05) is 5.32 Å². The molecule has 0 atom stereocenters. The lowest BCUT2D eigenvalue weighted by Crippen LogP contribution is -2.16. The normalized spacial score (nSPS) is 10.4. The standard InChI is InChI=1S/C13H14ClN3O/c1-9-6-12(17(2)16-9)13(18)15-11-5-3-4-10(7-11)8-14/h3-7H,8H2,1-2H3,(H,15,18). The van der Waals surface area contributed by atoms with Crippen LogP contribution in [-0.2, 0) is 12.9 Å².